The van der Waals surface area contributed by atoms with E-state index in [0.717, 1.165) is 19.0 Å². The van der Waals surface area contributed by atoms with Gasteiger partial charge in [-0.1, -0.05) is 13.8 Å². The fourth-order valence-corrected chi connectivity index (χ4v) is 3.18. The molecule has 2 N–H and O–H groups in total. The third-order valence-corrected chi connectivity index (χ3v) is 4.06. The fraction of sp³-hybridized carbons (Fsp3) is 0.889. The molecule has 0 saturated carbocycles. The highest BCUT2D eigenvalue weighted by atomic mass is 127. The van der Waals surface area contributed by atoms with Gasteiger partial charge in [0.1, 0.15) is 0 Å². The van der Waals surface area contributed by atoms with Gasteiger partial charge in [0.2, 0.25) is 5.91 Å². The lowest BCUT2D eigenvalue weighted by atomic mass is 10.1. The van der Waals surface area contributed by atoms with E-state index in [9.17, 15) is 4.79 Å². The SMILES string of the molecule is CN=C(NC[C@H]1CCCN1CC(C)C)N(C)CC(=O)NC(C)(C)C.I. The Labute approximate surface area is 171 Å². The Morgan fingerprint density at radius 3 is 2.52 bits per heavy atom. The summed E-state index contributed by atoms with van der Waals surface area (Å²) >= 11 is 0. The fourth-order valence-electron chi connectivity index (χ4n) is 3.18. The lowest BCUT2D eigenvalue weighted by molar-refractivity contribution is -0.122. The van der Waals surface area contributed by atoms with E-state index in [0.29, 0.717) is 18.5 Å². The number of guanidine groups is 1. The summed E-state index contributed by atoms with van der Waals surface area (Å²) in [4.78, 5) is 20.8. The van der Waals surface area contributed by atoms with Crippen molar-refractivity contribution in [3.05, 3.63) is 0 Å². The number of carbonyl (C=O) groups excluding carboxylic acids is 1. The Hall–Kier alpha value is -0.570. The minimum Gasteiger partial charge on any atom is -0.355 e. The van der Waals surface area contributed by atoms with E-state index in [1.807, 2.05) is 32.7 Å². The number of carbonyl (C=O) groups is 1. The molecule has 1 rings (SSSR count). The quantitative estimate of drug-likeness (QED) is 0.357. The van der Waals surface area contributed by atoms with Crippen molar-refractivity contribution in [2.75, 3.05) is 40.3 Å². The largest absolute Gasteiger partial charge is 0.355 e. The van der Waals surface area contributed by atoms with Gasteiger partial charge in [-0.3, -0.25) is 14.7 Å². The number of halogens is 1. The van der Waals surface area contributed by atoms with Crippen molar-refractivity contribution in [2.45, 2.75) is 59.0 Å². The summed E-state index contributed by atoms with van der Waals surface area (Å²) in [5.41, 5.74) is -0.212. The molecule has 1 amide bonds. The van der Waals surface area contributed by atoms with Crippen LogP contribution in [0.2, 0.25) is 0 Å². The Kier molecular flexibility index (Phi) is 11.0. The maximum atomic E-state index is 12.1. The molecule has 0 spiro atoms. The first-order chi connectivity index (χ1) is 11.1. The van der Waals surface area contributed by atoms with Crippen LogP contribution in [0.15, 0.2) is 4.99 Å². The molecule has 1 aliphatic heterocycles. The van der Waals surface area contributed by atoms with Crippen molar-refractivity contribution in [1.82, 2.24) is 20.4 Å². The van der Waals surface area contributed by atoms with E-state index in [1.54, 1.807) is 7.05 Å². The molecule has 0 unspecified atom stereocenters. The van der Waals surface area contributed by atoms with Crippen LogP contribution in [-0.2, 0) is 4.79 Å². The second-order valence-electron chi connectivity index (χ2n) is 8.27. The highest BCUT2D eigenvalue weighted by Crippen LogP contribution is 2.17. The molecule has 0 aromatic rings. The van der Waals surface area contributed by atoms with E-state index in [1.165, 1.54) is 19.4 Å². The summed E-state index contributed by atoms with van der Waals surface area (Å²) in [6.45, 7) is 14.0. The van der Waals surface area contributed by atoms with E-state index in [-0.39, 0.29) is 35.4 Å². The van der Waals surface area contributed by atoms with Crippen LogP contribution in [0.1, 0.15) is 47.5 Å². The van der Waals surface area contributed by atoms with Crippen molar-refractivity contribution in [3.8, 4) is 0 Å². The first kappa shape index (κ1) is 24.4. The van der Waals surface area contributed by atoms with Gasteiger partial charge < -0.3 is 15.5 Å². The maximum Gasteiger partial charge on any atom is 0.240 e. The molecule has 0 aliphatic carbocycles. The molecule has 148 valence electrons. The molecule has 6 nitrogen and oxygen atoms in total. The Morgan fingerprint density at radius 2 is 2.00 bits per heavy atom. The second kappa shape index (κ2) is 11.2. The monoisotopic (exact) mass is 467 g/mol. The van der Waals surface area contributed by atoms with E-state index >= 15 is 0 Å². The number of aliphatic imine (C=N–C) groups is 1. The second-order valence-corrected chi connectivity index (χ2v) is 8.27. The lowest BCUT2D eigenvalue weighted by Crippen LogP contribution is -2.50. The van der Waals surface area contributed by atoms with Crippen LogP contribution in [0.5, 0.6) is 0 Å². The number of likely N-dealkylation sites (tertiary alicyclic amines) is 1. The third-order valence-electron chi connectivity index (χ3n) is 4.06. The summed E-state index contributed by atoms with van der Waals surface area (Å²) in [5, 5.41) is 6.42. The van der Waals surface area contributed by atoms with E-state index in [4.69, 9.17) is 0 Å². The summed E-state index contributed by atoms with van der Waals surface area (Å²) in [6.07, 6.45) is 2.49. The molecule has 1 aliphatic rings. The Morgan fingerprint density at radius 1 is 1.36 bits per heavy atom. The zero-order valence-corrected chi connectivity index (χ0v) is 19.4. The van der Waals surface area contributed by atoms with E-state index < -0.39 is 0 Å². The van der Waals surface area contributed by atoms with Crippen LogP contribution in [0.4, 0.5) is 0 Å². The summed E-state index contributed by atoms with van der Waals surface area (Å²) in [6, 6.07) is 0.556. The Balaban J connectivity index is 0.00000576. The molecule has 7 heteroatoms. The first-order valence-corrected chi connectivity index (χ1v) is 9.09. The minimum atomic E-state index is -0.212. The van der Waals surface area contributed by atoms with Crippen molar-refractivity contribution >= 4 is 35.8 Å². The van der Waals surface area contributed by atoms with Crippen LogP contribution < -0.4 is 10.6 Å². The number of nitrogens with one attached hydrogen (secondary N) is 2. The van der Waals surface area contributed by atoms with Gasteiger partial charge in [0.15, 0.2) is 5.96 Å². The van der Waals surface area contributed by atoms with Crippen molar-refractivity contribution in [3.63, 3.8) is 0 Å². The molecule has 1 heterocycles. The highest BCUT2D eigenvalue weighted by Gasteiger charge is 2.25. The molecule has 1 atom stereocenters. The predicted octanol–water partition coefficient (Wildman–Crippen LogP) is 2.15. The van der Waals surface area contributed by atoms with Gasteiger partial charge in [0.25, 0.3) is 0 Å². The van der Waals surface area contributed by atoms with Gasteiger partial charge >= 0.3 is 0 Å². The molecular formula is C18H38IN5O. The van der Waals surface area contributed by atoms with Crippen molar-refractivity contribution in [2.24, 2.45) is 10.9 Å². The van der Waals surface area contributed by atoms with Crippen LogP contribution >= 0.6 is 24.0 Å². The number of rotatable bonds is 6. The topological polar surface area (TPSA) is 60.0 Å². The lowest BCUT2D eigenvalue weighted by Gasteiger charge is -2.29. The summed E-state index contributed by atoms with van der Waals surface area (Å²) in [5.74, 6) is 1.47. The summed E-state index contributed by atoms with van der Waals surface area (Å²) < 4.78 is 0. The molecule has 25 heavy (non-hydrogen) atoms. The van der Waals surface area contributed by atoms with Crippen molar-refractivity contribution in [1.29, 1.82) is 0 Å². The van der Waals surface area contributed by atoms with Crippen LogP contribution in [0, 0.1) is 5.92 Å². The molecule has 1 saturated heterocycles. The smallest absolute Gasteiger partial charge is 0.240 e. The normalized spacial score (nSPS) is 18.9. The van der Waals surface area contributed by atoms with Gasteiger partial charge in [-0.15, -0.1) is 24.0 Å². The number of hydrogen-bond acceptors (Lipinski definition) is 3. The van der Waals surface area contributed by atoms with E-state index in [2.05, 4.69) is 34.4 Å². The molecule has 1 fully saturated rings. The average Bonchev–Trinajstić information content (AvgIpc) is 2.83. The summed E-state index contributed by atoms with van der Waals surface area (Å²) in [7, 11) is 3.67. The average molecular weight is 467 g/mol. The standard InChI is InChI=1S/C18H37N5O.HI/c1-14(2)12-23-10-8-9-15(23)11-20-17(19-6)22(7)13-16(24)21-18(3,4)5;/h14-15H,8-13H2,1-7H3,(H,19,20)(H,21,24);1H/t15-;/m1./s1. The van der Waals surface area contributed by atoms with Gasteiger partial charge in [-0.05, 0) is 46.1 Å². The van der Waals surface area contributed by atoms with Gasteiger partial charge in [-0.25, -0.2) is 0 Å². The van der Waals surface area contributed by atoms with Crippen LogP contribution in [0.25, 0.3) is 0 Å². The van der Waals surface area contributed by atoms with Gasteiger partial charge in [0.05, 0.1) is 6.54 Å². The van der Waals surface area contributed by atoms with Crippen LogP contribution in [0.3, 0.4) is 0 Å². The maximum absolute atomic E-state index is 12.1. The number of nitrogens with zero attached hydrogens (tertiary/aromatic N) is 3. The van der Waals surface area contributed by atoms with Crippen molar-refractivity contribution < 1.29 is 4.79 Å². The first-order valence-electron chi connectivity index (χ1n) is 9.09. The zero-order chi connectivity index (χ0) is 18.3. The minimum absolute atomic E-state index is 0. The molecule has 0 aromatic heterocycles. The van der Waals surface area contributed by atoms with Gasteiger partial charge in [0, 0.05) is 38.8 Å². The third kappa shape index (κ3) is 9.63. The van der Waals surface area contributed by atoms with Crippen LogP contribution in [-0.4, -0.2) is 73.5 Å². The molecule has 0 aromatic carbocycles. The number of likely N-dealkylation sites (N-methyl/N-ethyl adjacent to an activating group) is 1. The highest BCUT2D eigenvalue weighted by molar-refractivity contribution is 14.0. The number of amides is 1. The molecule has 0 bridgehead atoms. The molecular weight excluding hydrogens is 429 g/mol. The predicted molar refractivity (Wildman–Crippen MR) is 117 cm³/mol. The molecule has 0 radical (unpaired) electrons. The zero-order valence-electron chi connectivity index (χ0n) is 17.1. The van der Waals surface area contributed by atoms with Gasteiger partial charge in [-0.2, -0.15) is 0 Å². The Bertz CT molecular complexity index is 434. The number of hydrogen-bond donors (Lipinski definition) is 2.